The number of phenolic OH excluding ortho intramolecular Hbond substituents is 1. The van der Waals surface area contributed by atoms with Gasteiger partial charge >= 0.3 is 0 Å². The lowest BCUT2D eigenvalue weighted by molar-refractivity contribution is 0.391. The van der Waals surface area contributed by atoms with Crippen LogP contribution in [-0.4, -0.2) is 30.0 Å². The Morgan fingerprint density at radius 2 is 1.81 bits per heavy atom. The molecule has 5 aromatic rings. The molecule has 0 unspecified atom stereocenters. The quantitative estimate of drug-likeness (QED) is 0.352. The minimum Gasteiger partial charge on any atom is -0.508 e. The molecule has 0 aliphatic heterocycles. The number of aromatic nitrogens is 5. The van der Waals surface area contributed by atoms with Crippen LogP contribution in [0.3, 0.4) is 0 Å². The van der Waals surface area contributed by atoms with Gasteiger partial charge in [-0.1, -0.05) is 53.3 Å². The summed E-state index contributed by atoms with van der Waals surface area (Å²) in [5.41, 5.74) is 2.02. The molecule has 3 heterocycles. The highest BCUT2D eigenvalue weighted by molar-refractivity contribution is 7.98. The number of rotatable bonds is 7. The fourth-order valence-corrected chi connectivity index (χ4v) is 4.55. The van der Waals surface area contributed by atoms with Crippen molar-refractivity contribution >= 4 is 23.1 Å². The maximum atomic E-state index is 9.69. The van der Waals surface area contributed by atoms with Gasteiger partial charge in [-0.15, -0.1) is 21.5 Å². The van der Waals surface area contributed by atoms with Gasteiger partial charge in [0, 0.05) is 12.1 Å². The van der Waals surface area contributed by atoms with Gasteiger partial charge in [0.2, 0.25) is 11.7 Å². The van der Waals surface area contributed by atoms with E-state index in [-0.39, 0.29) is 5.75 Å². The third-order valence-electron chi connectivity index (χ3n) is 4.55. The maximum Gasteiger partial charge on any atom is 0.237 e. The van der Waals surface area contributed by atoms with Crippen molar-refractivity contribution in [2.75, 3.05) is 0 Å². The number of aromatic hydroxyl groups is 1. The van der Waals surface area contributed by atoms with E-state index in [9.17, 15) is 5.11 Å². The molecule has 0 aliphatic rings. The number of thiophene rings is 1. The summed E-state index contributed by atoms with van der Waals surface area (Å²) in [4.78, 5) is 5.45. The lowest BCUT2D eigenvalue weighted by Crippen LogP contribution is -2.03. The molecule has 0 atom stereocenters. The zero-order chi connectivity index (χ0) is 21.0. The van der Waals surface area contributed by atoms with E-state index in [1.165, 1.54) is 11.8 Å². The number of phenols is 1. The Bertz CT molecular complexity index is 1270. The van der Waals surface area contributed by atoms with Crippen molar-refractivity contribution < 1.29 is 9.63 Å². The van der Waals surface area contributed by atoms with Crippen molar-refractivity contribution in [3.8, 4) is 22.1 Å². The van der Waals surface area contributed by atoms with E-state index in [2.05, 4.69) is 32.5 Å². The van der Waals surface area contributed by atoms with Crippen molar-refractivity contribution in [2.24, 2.45) is 0 Å². The van der Waals surface area contributed by atoms with E-state index in [1.54, 1.807) is 23.5 Å². The number of nitrogens with zero attached hydrogens (tertiary/aromatic N) is 5. The molecular formula is C22H17N5O2S2. The van der Waals surface area contributed by atoms with E-state index >= 15 is 0 Å². The lowest BCUT2D eigenvalue weighted by Gasteiger charge is -2.10. The number of benzene rings is 2. The molecule has 0 fully saturated rings. The van der Waals surface area contributed by atoms with E-state index in [1.807, 2.05) is 52.4 Å². The monoisotopic (exact) mass is 447 g/mol. The average Bonchev–Trinajstić information content (AvgIpc) is 3.55. The first kappa shape index (κ1) is 19.5. The third-order valence-corrected chi connectivity index (χ3v) is 6.33. The van der Waals surface area contributed by atoms with Gasteiger partial charge in [-0.2, -0.15) is 4.98 Å². The molecule has 7 nitrogen and oxygen atoms in total. The molecular weight excluding hydrogens is 430 g/mol. The summed E-state index contributed by atoms with van der Waals surface area (Å²) >= 11 is 3.05. The first-order valence-corrected chi connectivity index (χ1v) is 11.4. The van der Waals surface area contributed by atoms with Crippen LogP contribution in [0.1, 0.15) is 17.3 Å². The molecule has 0 aliphatic carbocycles. The van der Waals surface area contributed by atoms with Gasteiger partial charge in [0.1, 0.15) is 11.6 Å². The Kier molecular flexibility index (Phi) is 5.51. The zero-order valence-electron chi connectivity index (χ0n) is 16.3. The molecule has 5 rings (SSSR count). The van der Waals surface area contributed by atoms with Gasteiger partial charge < -0.3 is 9.63 Å². The van der Waals surface area contributed by atoms with Crippen LogP contribution in [-0.2, 0) is 12.2 Å². The molecule has 0 spiro atoms. The van der Waals surface area contributed by atoms with Crippen LogP contribution in [0.25, 0.3) is 16.4 Å². The Balaban J connectivity index is 1.42. The van der Waals surface area contributed by atoms with Crippen LogP contribution < -0.4 is 0 Å². The number of thioether (sulfide) groups is 1. The minimum absolute atomic E-state index is 0.211. The molecule has 9 heteroatoms. The molecule has 1 N–H and O–H groups in total. The second-order valence-corrected chi connectivity index (χ2v) is 8.58. The first-order valence-electron chi connectivity index (χ1n) is 9.53. The molecule has 0 saturated carbocycles. The fraction of sp³-hybridized carbons (Fsp3) is 0.0909. The van der Waals surface area contributed by atoms with Crippen LogP contribution in [0.4, 0.5) is 0 Å². The topological polar surface area (TPSA) is 89.9 Å². The first-order chi connectivity index (χ1) is 15.3. The Hall–Kier alpha value is -3.43. The van der Waals surface area contributed by atoms with Crippen LogP contribution in [0, 0.1) is 0 Å². The van der Waals surface area contributed by atoms with Crippen molar-refractivity contribution in [2.45, 2.75) is 17.3 Å². The predicted octanol–water partition coefficient (Wildman–Crippen LogP) is 4.97. The highest BCUT2D eigenvalue weighted by Gasteiger charge is 2.17. The average molecular weight is 448 g/mol. The molecule has 0 saturated heterocycles. The summed E-state index contributed by atoms with van der Waals surface area (Å²) in [6.07, 6.45) is 0.637. The molecule has 0 amide bonds. The third kappa shape index (κ3) is 4.37. The summed E-state index contributed by atoms with van der Waals surface area (Å²) in [7, 11) is 0. The summed E-state index contributed by atoms with van der Waals surface area (Å²) in [6.45, 7) is 0. The summed E-state index contributed by atoms with van der Waals surface area (Å²) in [5, 5.41) is 25.3. The van der Waals surface area contributed by atoms with Gasteiger partial charge in [-0.05, 0) is 41.3 Å². The number of hydrogen-bond donors (Lipinski definition) is 1. The van der Waals surface area contributed by atoms with Crippen LogP contribution in [0.5, 0.6) is 5.75 Å². The SMILES string of the molecule is Oc1ccc(-n2c(Cc3ccccc3)nnc2SCc2nc(-c3cccs3)no2)cc1. The van der Waals surface area contributed by atoms with E-state index in [0.717, 1.165) is 22.0 Å². The smallest absolute Gasteiger partial charge is 0.237 e. The van der Waals surface area contributed by atoms with E-state index in [4.69, 9.17) is 4.52 Å². The Morgan fingerprint density at radius 1 is 0.968 bits per heavy atom. The highest BCUT2D eigenvalue weighted by Crippen LogP contribution is 2.28. The second-order valence-electron chi connectivity index (χ2n) is 6.69. The predicted molar refractivity (Wildman–Crippen MR) is 119 cm³/mol. The van der Waals surface area contributed by atoms with Crippen LogP contribution >= 0.6 is 23.1 Å². The zero-order valence-corrected chi connectivity index (χ0v) is 17.9. The number of hydrogen-bond acceptors (Lipinski definition) is 8. The van der Waals surface area contributed by atoms with Gasteiger partial charge in [0.15, 0.2) is 5.16 Å². The van der Waals surface area contributed by atoms with Crippen molar-refractivity contribution in [1.82, 2.24) is 24.9 Å². The second kappa shape index (κ2) is 8.75. The maximum absolute atomic E-state index is 9.69. The molecule has 2 aromatic carbocycles. The van der Waals surface area contributed by atoms with E-state index in [0.29, 0.717) is 29.0 Å². The summed E-state index contributed by atoms with van der Waals surface area (Å²) in [5.74, 6) is 2.61. The van der Waals surface area contributed by atoms with Crippen LogP contribution in [0.2, 0.25) is 0 Å². The van der Waals surface area contributed by atoms with Crippen LogP contribution in [0.15, 0.2) is 81.8 Å². The lowest BCUT2D eigenvalue weighted by atomic mass is 10.1. The highest BCUT2D eigenvalue weighted by atomic mass is 32.2. The largest absolute Gasteiger partial charge is 0.508 e. The minimum atomic E-state index is 0.211. The fourth-order valence-electron chi connectivity index (χ4n) is 3.09. The van der Waals surface area contributed by atoms with Crippen molar-refractivity contribution in [3.05, 3.63) is 89.4 Å². The van der Waals surface area contributed by atoms with Crippen molar-refractivity contribution in [3.63, 3.8) is 0 Å². The Morgan fingerprint density at radius 3 is 2.58 bits per heavy atom. The van der Waals surface area contributed by atoms with E-state index < -0.39 is 0 Å². The molecule has 154 valence electrons. The standard InChI is InChI=1S/C22H17N5O2S2/c28-17-10-8-16(9-11-17)27-19(13-15-5-2-1-3-6-15)24-25-22(27)31-14-20-23-21(26-29-20)18-7-4-12-30-18/h1-12,28H,13-14H2. The van der Waals surface area contributed by atoms with Crippen molar-refractivity contribution in [1.29, 1.82) is 0 Å². The summed E-state index contributed by atoms with van der Waals surface area (Å²) < 4.78 is 7.40. The summed E-state index contributed by atoms with van der Waals surface area (Å²) in [6, 6.07) is 21.0. The van der Waals surface area contributed by atoms with Gasteiger partial charge in [0.05, 0.1) is 10.6 Å². The van der Waals surface area contributed by atoms with Gasteiger partial charge in [-0.3, -0.25) is 4.57 Å². The van der Waals surface area contributed by atoms with Gasteiger partial charge in [0.25, 0.3) is 0 Å². The normalized spacial score (nSPS) is 11.1. The molecule has 0 radical (unpaired) electrons. The molecule has 31 heavy (non-hydrogen) atoms. The molecule has 0 bridgehead atoms. The molecule has 3 aromatic heterocycles. The van der Waals surface area contributed by atoms with Gasteiger partial charge in [-0.25, -0.2) is 0 Å². The Labute approximate surface area is 186 Å².